The number of aldehydes is 1. The normalized spacial score (nSPS) is 36.1. The van der Waals surface area contributed by atoms with Crippen LogP contribution in [-0.2, 0) is 73.0 Å². The molecule has 0 aliphatic carbocycles. The average molecular weight is 1050 g/mol. The van der Waals surface area contributed by atoms with Gasteiger partial charge in [-0.25, -0.2) is 0 Å². The number of hydrogen-bond acceptors (Lipinski definition) is 19. The number of likely N-dealkylation sites (N-methyl/N-ethyl adjacent to an activating group) is 2. The molecule has 19 heteroatoms. The summed E-state index contributed by atoms with van der Waals surface area (Å²) in [6.07, 6.45) is -6.33. The van der Waals surface area contributed by atoms with Gasteiger partial charge in [0.25, 0.3) is 0 Å². The van der Waals surface area contributed by atoms with E-state index in [1.807, 2.05) is 43.1 Å². The summed E-state index contributed by atoms with van der Waals surface area (Å²) in [6, 6.07) is 8.85. The van der Waals surface area contributed by atoms with Gasteiger partial charge in [-0.1, -0.05) is 63.6 Å². The molecular formula is C55H88N2O17. The van der Waals surface area contributed by atoms with Gasteiger partial charge in [0.2, 0.25) is 0 Å². The van der Waals surface area contributed by atoms with Gasteiger partial charge in [0, 0.05) is 46.1 Å². The highest BCUT2D eigenvalue weighted by Gasteiger charge is 2.53. The number of unbranched alkanes of at least 4 members (excludes halogenated alkanes) is 2. The Morgan fingerprint density at radius 3 is 2.14 bits per heavy atom. The highest BCUT2D eigenvalue weighted by molar-refractivity contribution is 5.73. The molecule has 4 rings (SSSR count). The van der Waals surface area contributed by atoms with Crippen LogP contribution in [0.3, 0.4) is 0 Å². The molecule has 1 aromatic rings. The molecule has 0 unspecified atom stereocenters. The lowest BCUT2D eigenvalue weighted by atomic mass is 9.82. The van der Waals surface area contributed by atoms with Crippen molar-refractivity contribution in [3.8, 4) is 0 Å². The fraction of sp³-hybridized carbons (Fsp3) is 0.764. The Balaban J connectivity index is 1.71. The summed E-state index contributed by atoms with van der Waals surface area (Å²) < 4.78 is 55.5. The molecular weight excluding hydrogens is 961 g/mol. The smallest absolute Gasteiger partial charge is 0.309 e. The molecule has 420 valence electrons. The molecule has 74 heavy (non-hydrogen) atoms. The second-order valence-corrected chi connectivity index (χ2v) is 20.9. The Hall–Kier alpha value is -3.89. The van der Waals surface area contributed by atoms with Crippen molar-refractivity contribution in [1.29, 1.82) is 0 Å². The van der Waals surface area contributed by atoms with Crippen molar-refractivity contribution in [3.05, 3.63) is 48.0 Å². The molecule has 2 saturated heterocycles. The van der Waals surface area contributed by atoms with Gasteiger partial charge in [0.1, 0.15) is 48.5 Å². The minimum absolute atomic E-state index is 0.0418. The summed E-state index contributed by atoms with van der Waals surface area (Å²) in [7, 11) is 6.74. The van der Waals surface area contributed by atoms with Crippen molar-refractivity contribution < 1.29 is 81.9 Å². The number of rotatable bonds is 20. The number of benzene rings is 1. The lowest BCUT2D eigenvalue weighted by Gasteiger charge is -2.50. The molecule has 18 atom stereocenters. The van der Waals surface area contributed by atoms with E-state index in [1.165, 1.54) is 19.6 Å². The first-order valence-electron chi connectivity index (χ1n) is 26.5. The van der Waals surface area contributed by atoms with Gasteiger partial charge in [-0.2, -0.15) is 0 Å². The molecule has 3 aliphatic rings. The summed E-state index contributed by atoms with van der Waals surface area (Å²) in [6.45, 7) is 13.7. The predicted molar refractivity (Wildman–Crippen MR) is 272 cm³/mol. The fourth-order valence-electron chi connectivity index (χ4n) is 10.6. The molecule has 0 saturated carbocycles. The van der Waals surface area contributed by atoms with Gasteiger partial charge < -0.3 is 67.6 Å². The topological polar surface area (TPSA) is 236 Å². The second kappa shape index (κ2) is 30.2. The standard InChI is InChI=1S/C55H88N2O17/c1-13-44(61)71-43-31-46(63)67-34(4)30-41(60)40(57(11)27-20-16-19-23-38-21-17-15-18-22-38)24-25-42(70-37(7)59)33(3)29-39(26-28-58)51(52(43)66-12)74-54-49(64)48(56(9)10)50(35(5)69-54)73-47-32-55(8,65)53(36(6)68-47)72-45(62)14-2/h15,17-18,21-22,24-25,28,33-36,39-43,47-54,60,64-65H,13-14,16,19-20,23,26-27,29-32H2,1-12H3/b25-24+/t33-,34-,35-,36+,39+,40-,41+,42+,43-,47+,48-,49-,50-,51+,52+,53+,54+,55-/m1/s1. The lowest BCUT2D eigenvalue weighted by molar-refractivity contribution is -0.344. The maximum atomic E-state index is 14.0. The summed E-state index contributed by atoms with van der Waals surface area (Å²) >= 11 is 0. The van der Waals surface area contributed by atoms with E-state index in [4.69, 9.17) is 42.6 Å². The fourth-order valence-corrected chi connectivity index (χ4v) is 10.6. The van der Waals surface area contributed by atoms with Gasteiger partial charge in [0.15, 0.2) is 18.7 Å². The van der Waals surface area contributed by atoms with Crippen LogP contribution >= 0.6 is 0 Å². The number of nitrogens with zero attached hydrogens (tertiary/aromatic N) is 2. The third kappa shape index (κ3) is 18.4. The third-order valence-corrected chi connectivity index (χ3v) is 14.4. The molecule has 0 bridgehead atoms. The van der Waals surface area contributed by atoms with Crippen LogP contribution in [0.1, 0.15) is 125 Å². The van der Waals surface area contributed by atoms with Crippen LogP contribution in [0.15, 0.2) is 42.5 Å². The summed E-state index contributed by atoms with van der Waals surface area (Å²) in [5.41, 5.74) is -0.256. The maximum Gasteiger partial charge on any atom is 0.309 e. The summed E-state index contributed by atoms with van der Waals surface area (Å²) in [4.78, 5) is 68.7. The number of carbonyl (C=O) groups is 5. The Bertz CT molecular complexity index is 1920. The van der Waals surface area contributed by atoms with Crippen LogP contribution in [0, 0.1) is 11.8 Å². The van der Waals surface area contributed by atoms with E-state index in [1.54, 1.807) is 66.6 Å². The summed E-state index contributed by atoms with van der Waals surface area (Å²) in [5.74, 6) is -3.76. The van der Waals surface area contributed by atoms with Gasteiger partial charge in [-0.15, -0.1) is 0 Å². The zero-order valence-corrected chi connectivity index (χ0v) is 45.9. The number of hydrogen-bond donors (Lipinski definition) is 3. The monoisotopic (exact) mass is 1050 g/mol. The van der Waals surface area contributed by atoms with Gasteiger partial charge in [-0.3, -0.25) is 24.1 Å². The first kappa shape index (κ1) is 62.6. The number of cyclic esters (lactones) is 1. The largest absolute Gasteiger partial charge is 0.462 e. The van der Waals surface area contributed by atoms with E-state index in [9.17, 15) is 39.3 Å². The van der Waals surface area contributed by atoms with Gasteiger partial charge in [-0.05, 0) is 105 Å². The van der Waals surface area contributed by atoms with Gasteiger partial charge in [0.05, 0.1) is 42.9 Å². The summed E-state index contributed by atoms with van der Waals surface area (Å²) in [5, 5.41) is 35.6. The average Bonchev–Trinajstić information content (AvgIpc) is 3.32. The van der Waals surface area contributed by atoms with E-state index < -0.39 is 140 Å². The Morgan fingerprint density at radius 2 is 1.53 bits per heavy atom. The number of ether oxygens (including phenoxy) is 9. The number of methoxy groups -OCH3 is 1. The minimum atomic E-state index is -1.53. The molecule has 3 heterocycles. The third-order valence-electron chi connectivity index (χ3n) is 14.4. The van der Waals surface area contributed by atoms with Crippen LogP contribution < -0.4 is 0 Å². The van der Waals surface area contributed by atoms with E-state index in [-0.39, 0.29) is 38.5 Å². The first-order chi connectivity index (χ1) is 35.0. The van der Waals surface area contributed by atoms with E-state index in [0.29, 0.717) is 12.8 Å². The number of esters is 4. The molecule has 0 spiro atoms. The Kier molecular flexibility index (Phi) is 25.5. The van der Waals surface area contributed by atoms with E-state index in [2.05, 4.69) is 12.1 Å². The molecule has 19 nitrogen and oxygen atoms in total. The minimum Gasteiger partial charge on any atom is -0.462 e. The molecule has 3 N–H and O–H groups in total. The van der Waals surface area contributed by atoms with Crippen molar-refractivity contribution in [1.82, 2.24) is 9.80 Å². The molecule has 3 aliphatic heterocycles. The first-order valence-corrected chi connectivity index (χ1v) is 26.5. The lowest BCUT2D eigenvalue weighted by Crippen LogP contribution is -2.66. The van der Waals surface area contributed by atoms with Crippen LogP contribution in [0.5, 0.6) is 0 Å². The number of aliphatic hydroxyl groups is 3. The van der Waals surface area contributed by atoms with Crippen LogP contribution in [-0.4, -0.2) is 187 Å². The molecule has 0 radical (unpaired) electrons. The molecule has 1 aromatic carbocycles. The Labute approximate surface area is 438 Å². The number of aryl methyl sites for hydroxylation is 1. The van der Waals surface area contributed by atoms with E-state index >= 15 is 0 Å². The number of aliphatic hydroxyl groups excluding tert-OH is 2. The second-order valence-electron chi connectivity index (χ2n) is 20.9. The van der Waals surface area contributed by atoms with Crippen molar-refractivity contribution in [2.24, 2.45) is 11.8 Å². The highest BCUT2D eigenvalue weighted by atomic mass is 16.7. The van der Waals surface area contributed by atoms with Crippen LogP contribution in [0.4, 0.5) is 0 Å². The van der Waals surface area contributed by atoms with Crippen molar-refractivity contribution >= 4 is 30.2 Å². The quantitative estimate of drug-likeness (QED) is 0.0520. The highest BCUT2D eigenvalue weighted by Crippen LogP contribution is 2.38. The van der Waals surface area contributed by atoms with E-state index in [0.717, 1.165) is 25.7 Å². The van der Waals surface area contributed by atoms with Crippen LogP contribution in [0.2, 0.25) is 0 Å². The molecule has 0 aromatic heterocycles. The van der Waals surface area contributed by atoms with Crippen molar-refractivity contribution in [2.75, 3.05) is 34.8 Å². The van der Waals surface area contributed by atoms with Crippen molar-refractivity contribution in [3.63, 3.8) is 0 Å². The zero-order valence-electron chi connectivity index (χ0n) is 45.9. The van der Waals surface area contributed by atoms with Crippen molar-refractivity contribution in [2.45, 2.75) is 223 Å². The Morgan fingerprint density at radius 1 is 0.851 bits per heavy atom. The molecule has 2 fully saturated rings. The number of carbonyl (C=O) groups excluding carboxylic acids is 5. The van der Waals surface area contributed by atoms with Gasteiger partial charge >= 0.3 is 23.9 Å². The predicted octanol–water partition coefficient (Wildman–Crippen LogP) is 4.86. The SMILES string of the molecule is CCC(=O)O[C@@H]1CC(=O)O[C@H](C)C[C@H](O)[C@H](N(C)CCCCCc2ccccc2)/C=C/[C@H](OC(C)=O)[C@H](C)C[C@H](CC=O)[C@H](O[C@@H]2O[C@H](C)[C@@H](O[C@H]3C[C@@](C)(O)[C@@H](OC(=O)CC)[C@H](C)O3)[C@H](N(C)C)[C@H]2O)[C@H]1OC. The maximum absolute atomic E-state index is 14.0. The molecule has 0 amide bonds. The van der Waals surface area contributed by atoms with Crippen LogP contribution in [0.25, 0.3) is 0 Å². The zero-order chi connectivity index (χ0) is 54.9.